The van der Waals surface area contributed by atoms with Crippen LogP contribution in [0.2, 0.25) is 0 Å². The molecule has 1 aliphatic rings. The molecule has 0 spiro atoms. The first-order valence-corrected chi connectivity index (χ1v) is 11.1. The summed E-state index contributed by atoms with van der Waals surface area (Å²) in [5.41, 5.74) is 4.02. The van der Waals surface area contributed by atoms with Gasteiger partial charge in [0.15, 0.2) is 0 Å². The zero-order chi connectivity index (χ0) is 22.8. The average Bonchev–Trinajstić information content (AvgIpc) is 3.14. The summed E-state index contributed by atoms with van der Waals surface area (Å²) in [5, 5.41) is 4.51. The van der Waals surface area contributed by atoms with Crippen LogP contribution >= 0.6 is 0 Å². The molecular weight excluding hydrogens is 404 g/mol. The molecule has 2 aromatic heterocycles. The SMILES string of the molecule is CCc1c(C)nc(-n2nc(C)cc2C)n(CC(=O)N2CCN(c3ccccc3)CC2)c1=O. The Bertz CT molecular complexity index is 1170. The van der Waals surface area contributed by atoms with E-state index in [0.717, 1.165) is 30.2 Å². The van der Waals surface area contributed by atoms with E-state index in [9.17, 15) is 9.59 Å². The molecule has 3 aromatic rings. The van der Waals surface area contributed by atoms with E-state index in [2.05, 4.69) is 27.1 Å². The molecule has 0 aliphatic carbocycles. The lowest BCUT2D eigenvalue weighted by atomic mass is 10.2. The Morgan fingerprint density at radius 2 is 1.72 bits per heavy atom. The normalized spacial score (nSPS) is 14.1. The van der Waals surface area contributed by atoms with Crippen LogP contribution in [0, 0.1) is 20.8 Å². The standard InChI is InChI=1S/C24H30N6O2/c1-5-21-19(4)25-24(30-18(3)15-17(2)26-30)29(23(21)32)16-22(31)28-13-11-27(12-14-28)20-9-7-6-8-10-20/h6-10,15H,5,11-14,16H2,1-4H3. The Morgan fingerprint density at radius 1 is 1.03 bits per heavy atom. The number of para-hydroxylation sites is 1. The average molecular weight is 435 g/mol. The van der Waals surface area contributed by atoms with E-state index in [1.165, 1.54) is 4.57 Å². The highest BCUT2D eigenvalue weighted by Crippen LogP contribution is 2.16. The fourth-order valence-corrected chi connectivity index (χ4v) is 4.32. The van der Waals surface area contributed by atoms with Crippen LogP contribution in [0.4, 0.5) is 5.69 Å². The minimum absolute atomic E-state index is 0.0435. The molecule has 1 saturated heterocycles. The number of anilines is 1. The monoisotopic (exact) mass is 434 g/mol. The molecular formula is C24H30N6O2. The number of carbonyl (C=O) groups excluding carboxylic acids is 1. The van der Waals surface area contributed by atoms with Gasteiger partial charge in [-0.2, -0.15) is 5.10 Å². The molecule has 168 valence electrons. The summed E-state index contributed by atoms with van der Waals surface area (Å²) in [4.78, 5) is 35.3. The molecule has 1 amide bonds. The minimum Gasteiger partial charge on any atom is -0.368 e. The molecule has 0 N–H and O–H groups in total. The van der Waals surface area contributed by atoms with Gasteiger partial charge in [-0.1, -0.05) is 25.1 Å². The maximum Gasteiger partial charge on any atom is 0.258 e. The number of nitrogens with zero attached hydrogens (tertiary/aromatic N) is 6. The van der Waals surface area contributed by atoms with E-state index in [-0.39, 0.29) is 18.0 Å². The molecule has 4 rings (SSSR count). The lowest BCUT2D eigenvalue weighted by Crippen LogP contribution is -2.50. The quantitative estimate of drug-likeness (QED) is 0.616. The van der Waals surface area contributed by atoms with Gasteiger partial charge in [0.2, 0.25) is 11.9 Å². The number of aryl methyl sites for hydroxylation is 3. The Labute approximate surface area is 188 Å². The van der Waals surface area contributed by atoms with Gasteiger partial charge < -0.3 is 9.80 Å². The van der Waals surface area contributed by atoms with Gasteiger partial charge in [0.1, 0.15) is 6.54 Å². The van der Waals surface area contributed by atoms with Gasteiger partial charge in [-0.3, -0.25) is 14.2 Å². The van der Waals surface area contributed by atoms with Gasteiger partial charge in [0.25, 0.3) is 5.56 Å². The first kappa shape index (κ1) is 21.8. The number of hydrogen-bond donors (Lipinski definition) is 0. The van der Waals surface area contributed by atoms with Crippen LogP contribution in [0.25, 0.3) is 5.95 Å². The molecule has 1 aliphatic heterocycles. The summed E-state index contributed by atoms with van der Waals surface area (Å²) in [6, 6.07) is 12.2. The number of piperazine rings is 1. The van der Waals surface area contributed by atoms with Crippen molar-refractivity contribution in [2.75, 3.05) is 31.1 Å². The second kappa shape index (κ2) is 8.98. The van der Waals surface area contributed by atoms with Gasteiger partial charge in [-0.05, 0) is 45.4 Å². The summed E-state index contributed by atoms with van der Waals surface area (Å²) >= 11 is 0. The van der Waals surface area contributed by atoms with Gasteiger partial charge in [-0.25, -0.2) is 9.67 Å². The zero-order valence-corrected chi connectivity index (χ0v) is 19.2. The van der Waals surface area contributed by atoms with E-state index < -0.39 is 0 Å². The van der Waals surface area contributed by atoms with Crippen molar-refractivity contribution < 1.29 is 4.79 Å². The lowest BCUT2D eigenvalue weighted by molar-refractivity contribution is -0.132. The number of carbonyl (C=O) groups is 1. The van der Waals surface area contributed by atoms with E-state index in [1.54, 1.807) is 4.68 Å². The summed E-state index contributed by atoms with van der Waals surface area (Å²) < 4.78 is 3.14. The molecule has 1 fully saturated rings. The van der Waals surface area contributed by atoms with Gasteiger partial charge in [0.05, 0.1) is 11.4 Å². The summed E-state index contributed by atoms with van der Waals surface area (Å²) in [6.45, 7) is 10.3. The van der Waals surface area contributed by atoms with Crippen molar-refractivity contribution in [3.63, 3.8) is 0 Å². The maximum atomic E-state index is 13.3. The topological polar surface area (TPSA) is 76.3 Å². The summed E-state index contributed by atoms with van der Waals surface area (Å²) in [6.07, 6.45) is 0.568. The number of benzene rings is 1. The molecule has 0 saturated carbocycles. The smallest absolute Gasteiger partial charge is 0.258 e. The second-order valence-corrected chi connectivity index (χ2v) is 8.26. The highest BCUT2D eigenvalue weighted by atomic mass is 16.2. The van der Waals surface area contributed by atoms with Gasteiger partial charge in [-0.15, -0.1) is 0 Å². The van der Waals surface area contributed by atoms with Crippen molar-refractivity contribution in [1.29, 1.82) is 0 Å². The van der Waals surface area contributed by atoms with Crippen LogP contribution < -0.4 is 10.5 Å². The van der Waals surface area contributed by atoms with Crippen molar-refractivity contribution in [1.82, 2.24) is 24.2 Å². The van der Waals surface area contributed by atoms with E-state index in [1.807, 2.05) is 56.9 Å². The van der Waals surface area contributed by atoms with E-state index in [0.29, 0.717) is 36.7 Å². The fourth-order valence-electron chi connectivity index (χ4n) is 4.32. The largest absolute Gasteiger partial charge is 0.368 e. The Balaban J connectivity index is 1.59. The molecule has 0 radical (unpaired) electrons. The first-order chi connectivity index (χ1) is 15.4. The predicted molar refractivity (Wildman–Crippen MR) is 124 cm³/mol. The third kappa shape index (κ3) is 4.17. The van der Waals surface area contributed by atoms with Crippen LogP contribution in [0.5, 0.6) is 0 Å². The molecule has 3 heterocycles. The van der Waals surface area contributed by atoms with Crippen molar-refractivity contribution in [2.24, 2.45) is 0 Å². The van der Waals surface area contributed by atoms with Crippen LogP contribution in [0.15, 0.2) is 41.2 Å². The van der Waals surface area contributed by atoms with Crippen molar-refractivity contribution in [3.8, 4) is 5.95 Å². The van der Waals surface area contributed by atoms with Crippen molar-refractivity contribution in [3.05, 3.63) is 69.4 Å². The molecule has 32 heavy (non-hydrogen) atoms. The van der Waals surface area contributed by atoms with E-state index >= 15 is 0 Å². The van der Waals surface area contributed by atoms with Gasteiger partial charge in [0, 0.05) is 43.1 Å². The predicted octanol–water partition coefficient (Wildman–Crippen LogP) is 2.27. The molecule has 8 nitrogen and oxygen atoms in total. The molecule has 1 aromatic carbocycles. The van der Waals surface area contributed by atoms with Crippen LogP contribution in [-0.2, 0) is 17.8 Å². The highest BCUT2D eigenvalue weighted by molar-refractivity contribution is 5.76. The van der Waals surface area contributed by atoms with Gasteiger partial charge >= 0.3 is 0 Å². The lowest BCUT2D eigenvalue weighted by Gasteiger charge is -2.36. The number of amides is 1. The fraction of sp³-hybridized carbons (Fsp3) is 0.417. The minimum atomic E-state index is -0.168. The Kier molecular flexibility index (Phi) is 6.12. The molecule has 0 bridgehead atoms. The number of rotatable bonds is 5. The van der Waals surface area contributed by atoms with Crippen LogP contribution in [0.3, 0.4) is 0 Å². The number of hydrogen-bond acceptors (Lipinski definition) is 5. The third-order valence-electron chi connectivity index (χ3n) is 6.05. The number of aromatic nitrogens is 4. The Morgan fingerprint density at radius 3 is 2.31 bits per heavy atom. The molecule has 0 atom stereocenters. The van der Waals surface area contributed by atoms with Crippen LogP contribution in [0.1, 0.15) is 29.6 Å². The van der Waals surface area contributed by atoms with Crippen molar-refractivity contribution >= 4 is 11.6 Å². The van der Waals surface area contributed by atoms with E-state index in [4.69, 9.17) is 0 Å². The third-order valence-corrected chi connectivity index (χ3v) is 6.05. The van der Waals surface area contributed by atoms with Crippen molar-refractivity contribution in [2.45, 2.75) is 40.7 Å². The second-order valence-electron chi connectivity index (χ2n) is 8.26. The van der Waals surface area contributed by atoms with Crippen LogP contribution in [-0.4, -0.2) is 56.3 Å². The highest BCUT2D eigenvalue weighted by Gasteiger charge is 2.24. The summed E-state index contributed by atoms with van der Waals surface area (Å²) in [7, 11) is 0. The molecule has 0 unspecified atom stereocenters. The molecule has 8 heteroatoms. The summed E-state index contributed by atoms with van der Waals surface area (Å²) in [5.74, 6) is 0.321. The zero-order valence-electron chi connectivity index (χ0n) is 19.2. The maximum absolute atomic E-state index is 13.3. The first-order valence-electron chi connectivity index (χ1n) is 11.1. The Hall–Kier alpha value is -3.42.